The standard InChI is InChI=1S/C19H24N4O4S/c1-2-20-19(23-16-8-10-28(25,26)13-16)21-12-14-5-3-6-15(11-14)22-18(24)17-7-4-9-27-17/h3-7,9,11,16H,2,8,10,12-13H2,1H3,(H,22,24)(H2,20,21,23). The molecule has 0 spiro atoms. The summed E-state index contributed by atoms with van der Waals surface area (Å²) < 4.78 is 28.3. The van der Waals surface area contributed by atoms with Crippen molar-refractivity contribution < 1.29 is 17.6 Å². The highest BCUT2D eigenvalue weighted by atomic mass is 32.2. The zero-order chi connectivity index (χ0) is 20.0. The fraction of sp³-hybridized carbons (Fsp3) is 0.368. The van der Waals surface area contributed by atoms with Crippen molar-refractivity contribution in [3.8, 4) is 0 Å². The smallest absolute Gasteiger partial charge is 0.291 e. The Morgan fingerprint density at radius 2 is 2.14 bits per heavy atom. The Hall–Kier alpha value is -2.81. The number of nitrogens with one attached hydrogen (secondary N) is 3. The molecule has 3 rings (SSSR count). The van der Waals surface area contributed by atoms with Crippen LogP contribution in [-0.4, -0.2) is 44.4 Å². The van der Waals surface area contributed by atoms with Crippen LogP contribution >= 0.6 is 0 Å². The van der Waals surface area contributed by atoms with E-state index in [4.69, 9.17) is 4.42 Å². The van der Waals surface area contributed by atoms with Crippen molar-refractivity contribution >= 4 is 27.4 Å². The van der Waals surface area contributed by atoms with E-state index in [2.05, 4.69) is 20.9 Å². The Balaban J connectivity index is 1.63. The van der Waals surface area contributed by atoms with Crippen LogP contribution in [0.25, 0.3) is 0 Å². The molecule has 1 saturated heterocycles. The van der Waals surface area contributed by atoms with E-state index in [-0.39, 0.29) is 29.2 Å². The molecule has 1 aromatic carbocycles. The summed E-state index contributed by atoms with van der Waals surface area (Å²) in [7, 11) is -2.95. The average Bonchev–Trinajstić information content (AvgIpc) is 3.30. The molecule has 0 aliphatic carbocycles. The van der Waals surface area contributed by atoms with E-state index in [1.165, 1.54) is 6.26 Å². The molecule has 0 bridgehead atoms. The molecule has 1 fully saturated rings. The summed E-state index contributed by atoms with van der Waals surface area (Å²) in [5.41, 5.74) is 1.56. The highest BCUT2D eigenvalue weighted by Gasteiger charge is 2.28. The van der Waals surface area contributed by atoms with Crippen molar-refractivity contribution in [1.82, 2.24) is 10.6 Å². The van der Waals surface area contributed by atoms with Crippen molar-refractivity contribution in [2.75, 3.05) is 23.4 Å². The third-order valence-corrected chi connectivity index (χ3v) is 6.04. The van der Waals surface area contributed by atoms with Gasteiger partial charge in [0.1, 0.15) is 0 Å². The molecule has 28 heavy (non-hydrogen) atoms. The first-order chi connectivity index (χ1) is 13.4. The minimum absolute atomic E-state index is 0.123. The molecule has 2 aromatic rings. The Bertz CT molecular complexity index is 939. The molecule has 1 amide bonds. The number of carbonyl (C=O) groups is 1. The molecule has 1 unspecified atom stereocenters. The molecule has 0 saturated carbocycles. The Morgan fingerprint density at radius 3 is 2.82 bits per heavy atom. The first kappa shape index (κ1) is 19.9. The SMILES string of the molecule is CCNC(=NCc1cccc(NC(=O)c2ccco2)c1)NC1CCS(=O)(=O)C1. The lowest BCUT2D eigenvalue weighted by molar-refractivity contribution is 0.0996. The predicted octanol–water partition coefficient (Wildman–Crippen LogP) is 1.77. The molecule has 9 heteroatoms. The maximum absolute atomic E-state index is 12.1. The van der Waals surface area contributed by atoms with Gasteiger partial charge in [0, 0.05) is 18.3 Å². The van der Waals surface area contributed by atoms with Crippen LogP contribution in [0.1, 0.15) is 29.5 Å². The molecule has 1 atom stereocenters. The zero-order valence-electron chi connectivity index (χ0n) is 15.6. The number of furan rings is 1. The maximum atomic E-state index is 12.1. The van der Waals surface area contributed by atoms with Gasteiger partial charge in [-0.3, -0.25) is 4.79 Å². The van der Waals surface area contributed by atoms with Gasteiger partial charge in [-0.25, -0.2) is 13.4 Å². The van der Waals surface area contributed by atoms with Crippen LogP contribution in [0.15, 0.2) is 52.1 Å². The second-order valence-electron chi connectivity index (χ2n) is 6.57. The van der Waals surface area contributed by atoms with E-state index in [1.807, 2.05) is 25.1 Å². The summed E-state index contributed by atoms with van der Waals surface area (Å²) in [6.07, 6.45) is 2.03. The van der Waals surface area contributed by atoms with Crippen LogP contribution in [0.2, 0.25) is 0 Å². The van der Waals surface area contributed by atoms with Crippen LogP contribution in [0.5, 0.6) is 0 Å². The van der Waals surface area contributed by atoms with Crippen molar-refractivity contribution in [3.63, 3.8) is 0 Å². The van der Waals surface area contributed by atoms with Gasteiger partial charge < -0.3 is 20.4 Å². The van der Waals surface area contributed by atoms with E-state index >= 15 is 0 Å². The number of hydrogen-bond donors (Lipinski definition) is 3. The minimum atomic E-state index is -2.95. The second-order valence-corrected chi connectivity index (χ2v) is 8.80. The summed E-state index contributed by atoms with van der Waals surface area (Å²) in [5, 5.41) is 9.11. The lowest BCUT2D eigenvalue weighted by Gasteiger charge is -2.16. The number of rotatable bonds is 6. The molecule has 0 radical (unpaired) electrons. The van der Waals surface area contributed by atoms with E-state index in [1.54, 1.807) is 18.2 Å². The van der Waals surface area contributed by atoms with E-state index < -0.39 is 9.84 Å². The maximum Gasteiger partial charge on any atom is 0.291 e. The average molecular weight is 404 g/mol. The molecular weight excluding hydrogens is 380 g/mol. The number of carbonyl (C=O) groups excluding carboxylic acids is 1. The van der Waals surface area contributed by atoms with E-state index in [9.17, 15) is 13.2 Å². The number of benzene rings is 1. The van der Waals surface area contributed by atoms with Gasteiger partial charge in [0.05, 0.1) is 24.3 Å². The molecular formula is C19H24N4O4S. The van der Waals surface area contributed by atoms with E-state index in [0.717, 1.165) is 5.56 Å². The van der Waals surface area contributed by atoms with Crippen molar-refractivity contribution in [2.24, 2.45) is 4.99 Å². The minimum Gasteiger partial charge on any atom is -0.459 e. The van der Waals surface area contributed by atoms with Crippen LogP contribution in [0, 0.1) is 0 Å². The Kier molecular flexibility index (Phi) is 6.35. The fourth-order valence-electron chi connectivity index (χ4n) is 2.94. The monoisotopic (exact) mass is 404 g/mol. The number of guanidine groups is 1. The topological polar surface area (TPSA) is 113 Å². The summed E-state index contributed by atoms with van der Waals surface area (Å²) in [4.78, 5) is 16.6. The highest BCUT2D eigenvalue weighted by molar-refractivity contribution is 7.91. The van der Waals surface area contributed by atoms with Gasteiger partial charge in [-0.2, -0.15) is 0 Å². The molecule has 2 heterocycles. The number of sulfone groups is 1. The summed E-state index contributed by atoms with van der Waals surface area (Å²) >= 11 is 0. The number of amides is 1. The van der Waals surface area contributed by atoms with Gasteiger partial charge in [-0.05, 0) is 43.2 Å². The van der Waals surface area contributed by atoms with Crippen LogP contribution in [0.4, 0.5) is 5.69 Å². The van der Waals surface area contributed by atoms with Gasteiger partial charge in [-0.15, -0.1) is 0 Å². The number of nitrogens with zero attached hydrogens (tertiary/aromatic N) is 1. The molecule has 8 nitrogen and oxygen atoms in total. The zero-order valence-corrected chi connectivity index (χ0v) is 16.5. The normalized spacial score (nSPS) is 18.6. The molecule has 1 aliphatic rings. The lowest BCUT2D eigenvalue weighted by Crippen LogP contribution is -2.44. The van der Waals surface area contributed by atoms with Crippen molar-refractivity contribution in [1.29, 1.82) is 0 Å². The molecule has 1 aromatic heterocycles. The number of hydrogen-bond acceptors (Lipinski definition) is 5. The van der Waals surface area contributed by atoms with Crippen LogP contribution in [-0.2, 0) is 16.4 Å². The van der Waals surface area contributed by atoms with Gasteiger partial charge >= 0.3 is 0 Å². The van der Waals surface area contributed by atoms with Crippen LogP contribution in [0.3, 0.4) is 0 Å². The highest BCUT2D eigenvalue weighted by Crippen LogP contribution is 2.14. The van der Waals surface area contributed by atoms with E-state index in [0.29, 0.717) is 31.2 Å². The largest absolute Gasteiger partial charge is 0.459 e. The first-order valence-corrected chi connectivity index (χ1v) is 11.0. The fourth-order valence-corrected chi connectivity index (χ4v) is 4.61. The van der Waals surface area contributed by atoms with Gasteiger partial charge in [0.25, 0.3) is 5.91 Å². The Morgan fingerprint density at radius 1 is 1.29 bits per heavy atom. The van der Waals surface area contributed by atoms with Crippen LogP contribution < -0.4 is 16.0 Å². The van der Waals surface area contributed by atoms with Gasteiger partial charge in [-0.1, -0.05) is 12.1 Å². The third-order valence-electron chi connectivity index (χ3n) is 4.27. The predicted molar refractivity (Wildman–Crippen MR) is 108 cm³/mol. The lowest BCUT2D eigenvalue weighted by atomic mass is 10.2. The van der Waals surface area contributed by atoms with Gasteiger partial charge in [0.15, 0.2) is 21.6 Å². The third kappa shape index (κ3) is 5.59. The van der Waals surface area contributed by atoms with Crippen molar-refractivity contribution in [3.05, 3.63) is 54.0 Å². The number of anilines is 1. The summed E-state index contributed by atoms with van der Waals surface area (Å²) in [6, 6.07) is 10.5. The first-order valence-electron chi connectivity index (χ1n) is 9.14. The molecule has 3 N–H and O–H groups in total. The Labute approximate surface area is 164 Å². The summed E-state index contributed by atoms with van der Waals surface area (Å²) in [6.45, 7) is 3.01. The summed E-state index contributed by atoms with van der Waals surface area (Å²) in [5.74, 6) is 0.846. The number of aliphatic imine (C=N–C) groups is 1. The molecule has 150 valence electrons. The van der Waals surface area contributed by atoms with Gasteiger partial charge in [0.2, 0.25) is 0 Å². The molecule has 1 aliphatic heterocycles. The second kappa shape index (κ2) is 8.92. The quantitative estimate of drug-likeness (QED) is 0.500. The van der Waals surface area contributed by atoms with Crippen molar-refractivity contribution in [2.45, 2.75) is 25.9 Å².